The van der Waals surface area contributed by atoms with E-state index in [9.17, 15) is 4.79 Å². The van der Waals surface area contributed by atoms with E-state index in [4.69, 9.17) is 4.74 Å². The molecule has 4 aromatic rings. The van der Waals surface area contributed by atoms with Gasteiger partial charge in [0.05, 0.1) is 5.52 Å². The zero-order valence-electron chi connectivity index (χ0n) is 18.9. The molecule has 0 fully saturated rings. The summed E-state index contributed by atoms with van der Waals surface area (Å²) in [6, 6.07) is 24.1. The fourth-order valence-corrected chi connectivity index (χ4v) is 4.39. The van der Waals surface area contributed by atoms with Gasteiger partial charge < -0.3 is 9.64 Å². The van der Waals surface area contributed by atoms with E-state index in [-0.39, 0.29) is 0 Å². The lowest BCUT2D eigenvalue weighted by Gasteiger charge is -2.20. The Balaban J connectivity index is 1.26. The molecule has 1 amide bonds. The average Bonchev–Trinajstić information content (AvgIpc) is 3.21. The predicted octanol–water partition coefficient (Wildman–Crippen LogP) is 6.53. The van der Waals surface area contributed by atoms with E-state index in [1.807, 2.05) is 60.8 Å². The smallest absolute Gasteiger partial charge is 0.410 e. The third-order valence-electron chi connectivity index (χ3n) is 6.17. The Morgan fingerprint density at radius 3 is 2.73 bits per heavy atom. The van der Waals surface area contributed by atoms with Crippen LogP contribution in [0.2, 0.25) is 0 Å². The maximum Gasteiger partial charge on any atom is 0.417 e. The first-order chi connectivity index (χ1) is 16.1. The summed E-state index contributed by atoms with van der Waals surface area (Å²) in [6.07, 6.45) is 2.27. The van der Waals surface area contributed by atoms with Crippen molar-refractivity contribution in [1.82, 2.24) is 4.98 Å². The molecule has 5 heteroatoms. The molecule has 3 aromatic carbocycles. The molecule has 1 N–H and O–H groups in total. The molecule has 0 aliphatic carbocycles. The van der Waals surface area contributed by atoms with Gasteiger partial charge in [-0.1, -0.05) is 44.2 Å². The largest absolute Gasteiger partial charge is 0.417 e. The lowest BCUT2D eigenvalue weighted by atomic mass is 10.0. The van der Waals surface area contributed by atoms with Gasteiger partial charge in [-0.15, -0.1) is 0 Å². The molecule has 0 atom stereocenters. The van der Waals surface area contributed by atoms with Crippen LogP contribution in [0.15, 0.2) is 79.0 Å². The van der Waals surface area contributed by atoms with Crippen molar-refractivity contribution in [2.24, 2.45) is 0 Å². The lowest BCUT2D eigenvalue weighted by molar-refractivity contribution is 0.215. The highest BCUT2D eigenvalue weighted by molar-refractivity contribution is 5.86. The summed E-state index contributed by atoms with van der Waals surface area (Å²) in [5.41, 5.74) is 6.62. The summed E-state index contributed by atoms with van der Waals surface area (Å²) in [5, 5.41) is 3.99. The van der Waals surface area contributed by atoms with Crippen molar-refractivity contribution in [2.75, 3.05) is 16.8 Å². The van der Waals surface area contributed by atoms with Gasteiger partial charge in [-0.25, -0.2) is 4.79 Å². The standard InChI is InChI=1S/C28H27N3O2/c1-19(2)20-8-10-23(11-9-20)30-28(32)33-24-12-13-27-21(17-24)14-16-31(27)18-22-5-3-7-26-25(22)6-4-15-29-26/h3-13,15,17,19H,14,16,18H2,1-2H3,(H,30,32). The fourth-order valence-electron chi connectivity index (χ4n) is 4.39. The number of anilines is 2. The zero-order chi connectivity index (χ0) is 22.8. The van der Waals surface area contributed by atoms with Crippen LogP contribution >= 0.6 is 0 Å². The first-order valence-electron chi connectivity index (χ1n) is 11.4. The molecule has 2 heterocycles. The van der Waals surface area contributed by atoms with Gasteiger partial charge in [0.1, 0.15) is 5.75 Å². The molecule has 5 rings (SSSR count). The predicted molar refractivity (Wildman–Crippen MR) is 133 cm³/mol. The quantitative estimate of drug-likeness (QED) is 0.386. The number of ether oxygens (including phenoxy) is 1. The van der Waals surface area contributed by atoms with E-state index in [1.165, 1.54) is 27.8 Å². The molecule has 166 valence electrons. The topological polar surface area (TPSA) is 54.5 Å². The molecule has 0 saturated heterocycles. The number of amides is 1. The van der Waals surface area contributed by atoms with Gasteiger partial charge in [0.25, 0.3) is 0 Å². The van der Waals surface area contributed by atoms with E-state index in [1.54, 1.807) is 0 Å². The maximum atomic E-state index is 12.4. The first-order valence-corrected chi connectivity index (χ1v) is 11.4. The van der Waals surface area contributed by atoms with E-state index in [0.29, 0.717) is 11.7 Å². The minimum atomic E-state index is -0.481. The summed E-state index contributed by atoms with van der Waals surface area (Å²) in [7, 11) is 0. The molecular weight excluding hydrogens is 410 g/mol. The Morgan fingerprint density at radius 2 is 1.91 bits per heavy atom. The van der Waals surface area contributed by atoms with Gasteiger partial charge in [0.2, 0.25) is 0 Å². The molecule has 0 bridgehead atoms. The molecule has 1 aliphatic heterocycles. The minimum absolute atomic E-state index is 0.453. The Hall–Kier alpha value is -3.86. The summed E-state index contributed by atoms with van der Waals surface area (Å²) in [4.78, 5) is 19.2. The maximum absolute atomic E-state index is 12.4. The second-order valence-corrected chi connectivity index (χ2v) is 8.74. The van der Waals surface area contributed by atoms with Gasteiger partial charge >= 0.3 is 6.09 Å². The number of nitrogens with zero attached hydrogens (tertiary/aromatic N) is 2. The van der Waals surface area contributed by atoms with Crippen molar-refractivity contribution in [1.29, 1.82) is 0 Å². The van der Waals surface area contributed by atoms with Gasteiger partial charge in [0, 0.05) is 36.0 Å². The monoisotopic (exact) mass is 437 g/mol. The SMILES string of the molecule is CC(C)c1ccc(NC(=O)Oc2ccc3c(c2)CCN3Cc2cccc3ncccc23)cc1. The molecule has 0 spiro atoms. The minimum Gasteiger partial charge on any atom is -0.410 e. The normalized spacial score (nSPS) is 12.8. The first kappa shape index (κ1) is 21.0. The third-order valence-corrected chi connectivity index (χ3v) is 6.17. The molecular formula is C28H27N3O2. The summed E-state index contributed by atoms with van der Waals surface area (Å²) in [6.45, 7) is 6.04. The molecule has 0 saturated carbocycles. The van der Waals surface area contributed by atoms with E-state index in [0.717, 1.165) is 30.7 Å². The van der Waals surface area contributed by atoms with Crippen molar-refractivity contribution in [3.05, 3.63) is 95.7 Å². The number of carbonyl (C=O) groups is 1. The van der Waals surface area contributed by atoms with Gasteiger partial charge in [0.15, 0.2) is 0 Å². The number of carbonyl (C=O) groups excluding carboxylic acids is 1. The zero-order valence-corrected chi connectivity index (χ0v) is 18.9. The van der Waals surface area contributed by atoms with Crippen LogP contribution in [0.25, 0.3) is 10.9 Å². The number of aromatic nitrogens is 1. The number of pyridine rings is 1. The van der Waals surface area contributed by atoms with Crippen LogP contribution in [-0.2, 0) is 13.0 Å². The molecule has 0 radical (unpaired) electrons. The Labute approximate surface area is 194 Å². The Kier molecular flexibility index (Phi) is 5.69. The molecule has 1 aromatic heterocycles. The van der Waals surface area contributed by atoms with Gasteiger partial charge in [-0.2, -0.15) is 0 Å². The second kappa shape index (κ2) is 8.94. The van der Waals surface area contributed by atoms with Crippen LogP contribution in [0.5, 0.6) is 5.75 Å². The highest BCUT2D eigenvalue weighted by atomic mass is 16.6. The summed E-state index contributed by atoms with van der Waals surface area (Å²) < 4.78 is 5.56. The van der Waals surface area contributed by atoms with Crippen LogP contribution in [-0.4, -0.2) is 17.6 Å². The van der Waals surface area contributed by atoms with Gasteiger partial charge in [-0.05, 0) is 71.5 Å². The van der Waals surface area contributed by atoms with Crippen LogP contribution in [0.4, 0.5) is 16.2 Å². The summed E-state index contributed by atoms with van der Waals surface area (Å²) >= 11 is 0. The fraction of sp³-hybridized carbons (Fsp3) is 0.214. The molecule has 5 nitrogen and oxygen atoms in total. The van der Waals surface area contributed by atoms with Crippen molar-refractivity contribution in [3.8, 4) is 5.75 Å². The number of fused-ring (bicyclic) bond motifs is 2. The van der Waals surface area contributed by atoms with Crippen LogP contribution in [0.3, 0.4) is 0 Å². The lowest BCUT2D eigenvalue weighted by Crippen LogP contribution is -2.20. The average molecular weight is 438 g/mol. The highest BCUT2D eigenvalue weighted by Crippen LogP contribution is 2.33. The van der Waals surface area contributed by atoms with Crippen molar-refractivity contribution in [3.63, 3.8) is 0 Å². The second-order valence-electron chi connectivity index (χ2n) is 8.74. The van der Waals surface area contributed by atoms with E-state index >= 15 is 0 Å². The highest BCUT2D eigenvalue weighted by Gasteiger charge is 2.21. The summed E-state index contributed by atoms with van der Waals surface area (Å²) in [5.74, 6) is 1.01. The number of hydrogen-bond acceptors (Lipinski definition) is 4. The van der Waals surface area contributed by atoms with Crippen LogP contribution < -0.4 is 15.0 Å². The Bertz CT molecular complexity index is 1290. The van der Waals surface area contributed by atoms with E-state index in [2.05, 4.69) is 47.2 Å². The molecule has 33 heavy (non-hydrogen) atoms. The van der Waals surface area contributed by atoms with Crippen molar-refractivity contribution < 1.29 is 9.53 Å². The number of rotatable bonds is 5. The van der Waals surface area contributed by atoms with Crippen LogP contribution in [0, 0.1) is 0 Å². The molecule has 0 unspecified atom stereocenters. The Morgan fingerprint density at radius 1 is 1.06 bits per heavy atom. The van der Waals surface area contributed by atoms with Crippen molar-refractivity contribution >= 4 is 28.4 Å². The number of nitrogens with one attached hydrogen (secondary N) is 1. The molecule has 1 aliphatic rings. The third kappa shape index (κ3) is 4.53. The van der Waals surface area contributed by atoms with E-state index < -0.39 is 6.09 Å². The van der Waals surface area contributed by atoms with Gasteiger partial charge in [-0.3, -0.25) is 10.3 Å². The van der Waals surface area contributed by atoms with Crippen molar-refractivity contribution in [2.45, 2.75) is 32.7 Å². The number of benzene rings is 3. The number of hydrogen-bond donors (Lipinski definition) is 1. The van der Waals surface area contributed by atoms with Crippen LogP contribution in [0.1, 0.15) is 36.5 Å².